The summed E-state index contributed by atoms with van der Waals surface area (Å²) in [5.41, 5.74) is 6.50. The van der Waals surface area contributed by atoms with Gasteiger partial charge in [-0.05, 0) is 111 Å². The molecule has 0 radical (unpaired) electrons. The molecule has 0 saturated heterocycles. The van der Waals surface area contributed by atoms with E-state index in [-0.39, 0.29) is 21.7 Å². The molecule has 0 aliphatic rings. The maximum atomic E-state index is 4.91. The van der Waals surface area contributed by atoms with Gasteiger partial charge in [-0.25, -0.2) is 19.9 Å². The van der Waals surface area contributed by atoms with Crippen LogP contribution in [0.25, 0.3) is 0 Å². The first-order chi connectivity index (χ1) is 22.3. The number of pyridine rings is 4. The van der Waals surface area contributed by atoms with Crippen LogP contribution in [0.2, 0.25) is 0 Å². The highest BCUT2D eigenvalue weighted by Crippen LogP contribution is 2.41. The Morgan fingerprint density at radius 3 is 0.833 bits per heavy atom. The van der Waals surface area contributed by atoms with Crippen molar-refractivity contribution in [1.29, 1.82) is 0 Å². The van der Waals surface area contributed by atoms with Gasteiger partial charge < -0.3 is 0 Å². The quantitative estimate of drug-likeness (QED) is 0.184. The molecule has 0 bridgehead atoms. The Morgan fingerprint density at radius 1 is 0.354 bits per heavy atom. The zero-order valence-electron chi connectivity index (χ0n) is 30.9. The topological polar surface area (TPSA) is 58.0 Å². The molecule has 5 rings (SSSR count). The zero-order valence-corrected chi connectivity index (χ0v) is 30.9. The molecular weight excluding hydrogens is 589 g/mol. The van der Waals surface area contributed by atoms with E-state index in [0.29, 0.717) is 0 Å². The summed E-state index contributed by atoms with van der Waals surface area (Å²) in [4.78, 5) is 24.0. The molecule has 0 spiro atoms. The molecule has 0 atom stereocenters. The first-order valence-electron chi connectivity index (χ1n) is 16.9. The van der Waals surface area contributed by atoms with Crippen molar-refractivity contribution in [2.45, 2.75) is 105 Å². The van der Waals surface area contributed by atoms with Crippen molar-refractivity contribution < 1.29 is 0 Å². The van der Waals surface area contributed by atoms with Gasteiger partial charge in [-0.2, -0.15) is 0 Å². The average molecular weight is 641 g/mol. The van der Waals surface area contributed by atoms with Crippen LogP contribution in [0, 0.1) is 0 Å². The van der Waals surface area contributed by atoms with E-state index in [1.165, 1.54) is 22.3 Å². The van der Waals surface area contributed by atoms with Gasteiger partial charge in [0, 0.05) is 24.8 Å². The molecule has 0 amide bonds. The molecule has 250 valence electrons. The maximum Gasteiger partial charge on any atom is 0.138 e. The standard InChI is InChI=1S/C42H52N6/c1-39(2,3)29-16-20-43-35(24-29)47(36-25-30(17-21-44-36)40(4,5)6)33-14-13-15-34(28-33)48(37-26-31(18-22-45-37)41(7,8)9)38-27-32(19-23-46-38)42(10,11)12/h13-28H,1-12H3. The molecule has 4 aromatic heterocycles. The Labute approximate surface area is 288 Å². The van der Waals surface area contributed by atoms with E-state index in [9.17, 15) is 0 Å². The van der Waals surface area contributed by atoms with Gasteiger partial charge in [0.15, 0.2) is 0 Å². The van der Waals surface area contributed by atoms with Crippen LogP contribution in [0.15, 0.2) is 97.6 Å². The minimum absolute atomic E-state index is 0.0455. The molecule has 0 unspecified atom stereocenters. The summed E-state index contributed by atoms with van der Waals surface area (Å²) >= 11 is 0. The van der Waals surface area contributed by atoms with Crippen molar-refractivity contribution in [3.63, 3.8) is 0 Å². The molecule has 1 aromatic carbocycles. The van der Waals surface area contributed by atoms with Gasteiger partial charge >= 0.3 is 0 Å². The maximum absolute atomic E-state index is 4.91. The Balaban J connectivity index is 1.75. The number of rotatable bonds is 6. The molecule has 0 saturated carbocycles. The minimum Gasteiger partial charge on any atom is -0.279 e. The Morgan fingerprint density at radius 2 is 0.604 bits per heavy atom. The van der Waals surface area contributed by atoms with Crippen molar-refractivity contribution >= 4 is 34.6 Å². The Hall–Kier alpha value is -4.58. The van der Waals surface area contributed by atoms with E-state index in [2.05, 4.69) is 166 Å². The highest BCUT2D eigenvalue weighted by atomic mass is 15.3. The van der Waals surface area contributed by atoms with Crippen LogP contribution in [0.1, 0.15) is 105 Å². The second kappa shape index (κ2) is 12.8. The summed E-state index contributed by atoms with van der Waals surface area (Å²) < 4.78 is 0. The summed E-state index contributed by atoms with van der Waals surface area (Å²) in [6.07, 6.45) is 7.60. The average Bonchev–Trinajstić information content (AvgIpc) is 3.01. The number of nitrogens with zero attached hydrogens (tertiary/aromatic N) is 6. The summed E-state index contributed by atoms with van der Waals surface area (Å²) in [5.74, 6) is 3.24. The van der Waals surface area contributed by atoms with Crippen LogP contribution >= 0.6 is 0 Å². The third-order valence-corrected chi connectivity index (χ3v) is 8.71. The first-order valence-corrected chi connectivity index (χ1v) is 16.9. The summed E-state index contributed by atoms with van der Waals surface area (Å²) in [7, 11) is 0. The van der Waals surface area contributed by atoms with Crippen LogP contribution in [0.3, 0.4) is 0 Å². The monoisotopic (exact) mass is 640 g/mol. The molecule has 6 nitrogen and oxygen atoms in total. The molecule has 5 aromatic rings. The molecule has 48 heavy (non-hydrogen) atoms. The predicted octanol–water partition coefficient (Wildman–Crippen LogP) is 11.4. The van der Waals surface area contributed by atoms with Crippen LogP contribution in [0.4, 0.5) is 34.6 Å². The van der Waals surface area contributed by atoms with Crippen LogP contribution in [-0.4, -0.2) is 19.9 Å². The molecule has 6 heteroatoms. The lowest BCUT2D eigenvalue weighted by atomic mass is 9.87. The molecule has 4 heterocycles. The number of anilines is 6. The minimum atomic E-state index is -0.0455. The third-order valence-electron chi connectivity index (χ3n) is 8.71. The van der Waals surface area contributed by atoms with Crippen molar-refractivity contribution in [1.82, 2.24) is 19.9 Å². The van der Waals surface area contributed by atoms with Crippen molar-refractivity contribution in [3.05, 3.63) is 120 Å². The molecule has 0 N–H and O–H groups in total. The van der Waals surface area contributed by atoms with Gasteiger partial charge in [-0.15, -0.1) is 0 Å². The SMILES string of the molecule is CC(C)(C)c1ccnc(N(c2cccc(N(c3cc(C(C)(C)C)ccn3)c3cc(C(C)(C)C)ccn3)c2)c2cc(C(C)(C)C)ccn2)c1. The lowest BCUT2D eigenvalue weighted by molar-refractivity contribution is 0.588. The van der Waals surface area contributed by atoms with Crippen molar-refractivity contribution in [3.8, 4) is 0 Å². The zero-order chi connectivity index (χ0) is 35.1. The fourth-order valence-corrected chi connectivity index (χ4v) is 5.56. The molecular formula is C42H52N6. The summed E-state index contributed by atoms with van der Waals surface area (Å²) in [5, 5.41) is 0. The lowest BCUT2D eigenvalue weighted by Gasteiger charge is -2.30. The van der Waals surface area contributed by atoms with E-state index < -0.39 is 0 Å². The van der Waals surface area contributed by atoms with Gasteiger partial charge in [0.1, 0.15) is 23.3 Å². The number of benzene rings is 1. The van der Waals surface area contributed by atoms with Crippen molar-refractivity contribution in [2.75, 3.05) is 9.80 Å². The predicted molar refractivity (Wildman–Crippen MR) is 202 cm³/mol. The van der Waals surface area contributed by atoms with Gasteiger partial charge in [-0.1, -0.05) is 89.2 Å². The fourth-order valence-electron chi connectivity index (χ4n) is 5.56. The van der Waals surface area contributed by atoms with Gasteiger partial charge in [-0.3, -0.25) is 9.80 Å². The van der Waals surface area contributed by atoms with Crippen LogP contribution in [0.5, 0.6) is 0 Å². The third kappa shape index (κ3) is 7.75. The van der Waals surface area contributed by atoms with Crippen LogP contribution < -0.4 is 9.80 Å². The van der Waals surface area contributed by atoms with Gasteiger partial charge in [0.25, 0.3) is 0 Å². The molecule has 0 aliphatic heterocycles. The summed E-state index contributed by atoms with van der Waals surface area (Å²) in [6.45, 7) is 26.7. The molecule has 0 aliphatic carbocycles. The van der Waals surface area contributed by atoms with E-state index in [0.717, 1.165) is 34.6 Å². The van der Waals surface area contributed by atoms with E-state index in [1.807, 2.05) is 24.8 Å². The normalized spacial score (nSPS) is 12.6. The largest absolute Gasteiger partial charge is 0.279 e. The Kier molecular flexibility index (Phi) is 9.26. The second-order valence-electron chi connectivity index (χ2n) is 16.8. The molecule has 0 fully saturated rings. The lowest BCUT2D eigenvalue weighted by Crippen LogP contribution is -2.20. The first kappa shape index (κ1) is 34.7. The van der Waals surface area contributed by atoms with Crippen molar-refractivity contribution in [2.24, 2.45) is 0 Å². The van der Waals surface area contributed by atoms with E-state index in [1.54, 1.807) is 0 Å². The summed E-state index contributed by atoms with van der Waals surface area (Å²) in [6, 6.07) is 25.6. The number of hydrogen-bond acceptors (Lipinski definition) is 6. The number of hydrogen-bond donors (Lipinski definition) is 0. The Bertz CT molecular complexity index is 1630. The van der Waals surface area contributed by atoms with Gasteiger partial charge in [0.05, 0.1) is 11.4 Å². The fraction of sp³-hybridized carbons (Fsp3) is 0.381. The highest BCUT2D eigenvalue weighted by Gasteiger charge is 2.25. The smallest absolute Gasteiger partial charge is 0.138 e. The van der Waals surface area contributed by atoms with E-state index in [4.69, 9.17) is 19.9 Å². The highest BCUT2D eigenvalue weighted by molar-refractivity contribution is 5.80. The van der Waals surface area contributed by atoms with Crippen LogP contribution in [-0.2, 0) is 21.7 Å². The second-order valence-corrected chi connectivity index (χ2v) is 16.8. The van der Waals surface area contributed by atoms with Gasteiger partial charge in [0.2, 0.25) is 0 Å². The number of aromatic nitrogens is 4. The van der Waals surface area contributed by atoms with E-state index >= 15 is 0 Å².